The Balaban J connectivity index is 1.66. The minimum Gasteiger partial charge on any atom is -0.369 e. The number of benzene rings is 1. The van der Waals surface area contributed by atoms with E-state index in [9.17, 15) is 4.39 Å². The number of nitrogens with two attached hydrogens (primary N) is 1. The number of likely N-dealkylation sites (tertiary alicyclic amines) is 1. The summed E-state index contributed by atoms with van der Waals surface area (Å²) in [7, 11) is 0. The summed E-state index contributed by atoms with van der Waals surface area (Å²) in [6.07, 6.45) is 5.28. The predicted octanol–water partition coefficient (Wildman–Crippen LogP) is 2.76. The molecule has 0 bridgehead atoms. The second-order valence-corrected chi connectivity index (χ2v) is 5.83. The van der Waals surface area contributed by atoms with Crippen molar-refractivity contribution >= 4 is 11.8 Å². The number of rotatable bonds is 6. The lowest BCUT2D eigenvalue weighted by Crippen LogP contribution is -2.22. The van der Waals surface area contributed by atoms with Crippen molar-refractivity contribution in [3.63, 3.8) is 0 Å². The molecule has 1 fully saturated rings. The molecule has 0 atom stereocenters. The zero-order chi connectivity index (χ0) is 16.1. The Hall–Kier alpha value is -2.21. The summed E-state index contributed by atoms with van der Waals surface area (Å²) in [6, 6.07) is 6.42. The first kappa shape index (κ1) is 15.7. The maximum absolute atomic E-state index is 13.5. The molecule has 0 amide bonds. The lowest BCUT2D eigenvalue weighted by molar-refractivity contribution is 0.337. The highest BCUT2D eigenvalue weighted by Crippen LogP contribution is 2.26. The van der Waals surface area contributed by atoms with Crippen LogP contribution in [0.3, 0.4) is 0 Å². The first-order chi connectivity index (χ1) is 11.2. The quantitative estimate of drug-likeness (QED) is 0.802. The second kappa shape index (κ2) is 7.37. The summed E-state index contributed by atoms with van der Waals surface area (Å²) in [5, 5.41) is 3.32. The van der Waals surface area contributed by atoms with E-state index in [4.69, 9.17) is 5.73 Å². The average molecular weight is 315 g/mol. The molecule has 23 heavy (non-hydrogen) atoms. The summed E-state index contributed by atoms with van der Waals surface area (Å²) >= 11 is 0. The van der Waals surface area contributed by atoms with Gasteiger partial charge in [-0.3, -0.25) is 0 Å². The van der Waals surface area contributed by atoms with Crippen molar-refractivity contribution in [1.29, 1.82) is 0 Å². The number of nitrogens with zero attached hydrogens (tertiary/aromatic N) is 3. The lowest BCUT2D eigenvalue weighted by atomic mass is 10.1. The molecule has 0 unspecified atom stereocenters. The van der Waals surface area contributed by atoms with E-state index in [1.165, 1.54) is 38.1 Å². The molecule has 0 spiro atoms. The summed E-state index contributed by atoms with van der Waals surface area (Å²) in [4.78, 5) is 10.8. The van der Waals surface area contributed by atoms with Crippen molar-refractivity contribution in [2.45, 2.75) is 19.3 Å². The van der Waals surface area contributed by atoms with Gasteiger partial charge in [0, 0.05) is 18.3 Å². The van der Waals surface area contributed by atoms with Gasteiger partial charge in [0.15, 0.2) is 0 Å². The Morgan fingerprint density at radius 3 is 2.87 bits per heavy atom. The molecule has 0 saturated carbocycles. The summed E-state index contributed by atoms with van der Waals surface area (Å²) < 4.78 is 13.5. The number of nitrogens with one attached hydrogen (secondary N) is 1. The highest BCUT2D eigenvalue weighted by molar-refractivity contribution is 5.75. The second-order valence-electron chi connectivity index (χ2n) is 5.83. The average Bonchev–Trinajstić information content (AvgIpc) is 3.05. The topological polar surface area (TPSA) is 67.1 Å². The van der Waals surface area contributed by atoms with Crippen LogP contribution in [0.1, 0.15) is 19.3 Å². The molecular formula is C17H22FN5. The van der Waals surface area contributed by atoms with Crippen molar-refractivity contribution in [1.82, 2.24) is 14.9 Å². The standard InChI is InChI=1S/C17H22FN5/c18-14-6-3-5-13(11-14)15-12-21-17(19)22-16(15)20-7-4-10-23-8-1-2-9-23/h3,5-6,11-12H,1-2,4,7-10H2,(H3,19,20,21,22). The number of hydrogen-bond donors (Lipinski definition) is 2. The smallest absolute Gasteiger partial charge is 0.221 e. The van der Waals surface area contributed by atoms with E-state index in [-0.39, 0.29) is 11.8 Å². The molecule has 5 nitrogen and oxygen atoms in total. The van der Waals surface area contributed by atoms with Gasteiger partial charge in [-0.15, -0.1) is 0 Å². The molecule has 1 aromatic carbocycles. The van der Waals surface area contributed by atoms with E-state index >= 15 is 0 Å². The van der Waals surface area contributed by atoms with Gasteiger partial charge >= 0.3 is 0 Å². The van der Waals surface area contributed by atoms with E-state index in [2.05, 4.69) is 20.2 Å². The SMILES string of the molecule is Nc1ncc(-c2cccc(F)c2)c(NCCCN2CCCC2)n1. The van der Waals surface area contributed by atoms with E-state index in [0.717, 1.165) is 30.6 Å². The third-order valence-electron chi connectivity index (χ3n) is 4.09. The van der Waals surface area contributed by atoms with E-state index < -0.39 is 0 Å². The van der Waals surface area contributed by atoms with Crippen LogP contribution in [0.15, 0.2) is 30.5 Å². The van der Waals surface area contributed by atoms with Crippen molar-refractivity contribution in [2.24, 2.45) is 0 Å². The fourth-order valence-electron chi connectivity index (χ4n) is 2.91. The normalized spacial score (nSPS) is 15.0. The highest BCUT2D eigenvalue weighted by atomic mass is 19.1. The van der Waals surface area contributed by atoms with Crippen molar-refractivity contribution in [2.75, 3.05) is 37.2 Å². The molecule has 0 radical (unpaired) electrons. The fourth-order valence-corrected chi connectivity index (χ4v) is 2.91. The van der Waals surface area contributed by atoms with Crippen LogP contribution in [0.4, 0.5) is 16.2 Å². The first-order valence-electron chi connectivity index (χ1n) is 8.07. The first-order valence-corrected chi connectivity index (χ1v) is 8.07. The van der Waals surface area contributed by atoms with Gasteiger partial charge in [0.05, 0.1) is 0 Å². The molecule has 2 aromatic rings. The van der Waals surface area contributed by atoms with Gasteiger partial charge in [-0.25, -0.2) is 9.37 Å². The van der Waals surface area contributed by atoms with Crippen LogP contribution in [0, 0.1) is 5.82 Å². The molecule has 1 aliphatic rings. The molecule has 1 saturated heterocycles. The molecule has 3 N–H and O–H groups in total. The molecule has 122 valence electrons. The van der Waals surface area contributed by atoms with Crippen LogP contribution in [0.5, 0.6) is 0 Å². The number of hydrogen-bond acceptors (Lipinski definition) is 5. The number of aromatic nitrogens is 2. The molecule has 1 aliphatic heterocycles. The van der Waals surface area contributed by atoms with E-state index in [1.54, 1.807) is 12.3 Å². The maximum atomic E-state index is 13.5. The van der Waals surface area contributed by atoms with Crippen LogP contribution < -0.4 is 11.1 Å². The molecule has 0 aliphatic carbocycles. The number of anilines is 2. The van der Waals surface area contributed by atoms with Crippen LogP contribution >= 0.6 is 0 Å². The monoisotopic (exact) mass is 315 g/mol. The van der Waals surface area contributed by atoms with Gasteiger partial charge in [-0.2, -0.15) is 4.98 Å². The van der Waals surface area contributed by atoms with Gasteiger partial charge in [-0.1, -0.05) is 12.1 Å². The maximum Gasteiger partial charge on any atom is 0.221 e. The van der Waals surface area contributed by atoms with Crippen molar-refractivity contribution in [3.8, 4) is 11.1 Å². The summed E-state index contributed by atoms with van der Waals surface area (Å²) in [6.45, 7) is 4.29. The Labute approximate surface area is 135 Å². The molecule has 2 heterocycles. The van der Waals surface area contributed by atoms with Crippen LogP contribution in [-0.4, -0.2) is 41.0 Å². The molecule has 1 aromatic heterocycles. The van der Waals surface area contributed by atoms with E-state index in [1.807, 2.05) is 6.07 Å². The lowest BCUT2D eigenvalue weighted by Gasteiger charge is -2.15. The minimum atomic E-state index is -0.278. The van der Waals surface area contributed by atoms with Crippen molar-refractivity contribution < 1.29 is 4.39 Å². The third kappa shape index (κ3) is 4.16. The van der Waals surface area contributed by atoms with Crippen LogP contribution in [0.2, 0.25) is 0 Å². The fraction of sp³-hybridized carbons (Fsp3) is 0.412. The highest BCUT2D eigenvalue weighted by Gasteiger charge is 2.12. The van der Waals surface area contributed by atoms with Crippen molar-refractivity contribution in [3.05, 3.63) is 36.3 Å². The van der Waals surface area contributed by atoms with Crippen LogP contribution in [-0.2, 0) is 0 Å². The summed E-state index contributed by atoms with van der Waals surface area (Å²) in [5.41, 5.74) is 7.20. The minimum absolute atomic E-state index is 0.215. The summed E-state index contributed by atoms with van der Waals surface area (Å²) in [5.74, 6) is 0.594. The Morgan fingerprint density at radius 2 is 2.09 bits per heavy atom. The Morgan fingerprint density at radius 1 is 1.26 bits per heavy atom. The third-order valence-corrected chi connectivity index (χ3v) is 4.09. The van der Waals surface area contributed by atoms with Gasteiger partial charge in [0.2, 0.25) is 5.95 Å². The Bertz CT molecular complexity index is 655. The number of nitrogen functional groups attached to an aromatic ring is 1. The van der Waals surface area contributed by atoms with Gasteiger partial charge in [0.1, 0.15) is 11.6 Å². The number of halogens is 1. The van der Waals surface area contributed by atoms with Gasteiger partial charge < -0.3 is 16.0 Å². The molecule has 6 heteroatoms. The Kier molecular flexibility index (Phi) is 5.02. The zero-order valence-corrected chi connectivity index (χ0v) is 13.1. The van der Waals surface area contributed by atoms with E-state index in [0.29, 0.717) is 5.82 Å². The van der Waals surface area contributed by atoms with Gasteiger partial charge in [0.25, 0.3) is 0 Å². The molecule has 3 rings (SSSR count). The predicted molar refractivity (Wildman–Crippen MR) is 90.6 cm³/mol. The van der Waals surface area contributed by atoms with Gasteiger partial charge in [-0.05, 0) is 56.6 Å². The zero-order valence-electron chi connectivity index (χ0n) is 13.1. The largest absolute Gasteiger partial charge is 0.369 e. The van der Waals surface area contributed by atoms with Crippen LogP contribution in [0.25, 0.3) is 11.1 Å². The molecular weight excluding hydrogens is 293 g/mol.